The number of nitrogens with zero attached hydrogens (tertiary/aromatic N) is 1. The maximum absolute atomic E-state index is 11.6. The van der Waals surface area contributed by atoms with Crippen LogP contribution in [0.4, 0.5) is 5.69 Å². The highest BCUT2D eigenvalue weighted by Crippen LogP contribution is 2.45. The van der Waals surface area contributed by atoms with Gasteiger partial charge < -0.3 is 14.2 Å². The smallest absolute Gasteiger partial charge is 0.129 e. The lowest BCUT2D eigenvalue weighted by Gasteiger charge is -2.35. The molecule has 0 amide bonds. The Morgan fingerprint density at radius 3 is 2.84 bits per heavy atom. The first kappa shape index (κ1) is 21.7. The molecule has 2 heterocycles. The van der Waals surface area contributed by atoms with Gasteiger partial charge >= 0.3 is 0 Å². The molecule has 5 heteroatoms. The van der Waals surface area contributed by atoms with Crippen molar-refractivity contribution in [2.75, 3.05) is 13.2 Å². The second kappa shape index (κ2) is 9.29. The SMILES string of the molecule is CCCCCCOc1ccc(C2COc3c(ccc4c3CCC(C)(C)O4)C2)c(N=O)c1. The third-order valence-corrected chi connectivity index (χ3v) is 6.36. The lowest BCUT2D eigenvalue weighted by Crippen LogP contribution is -2.33. The Morgan fingerprint density at radius 1 is 1.16 bits per heavy atom. The first-order chi connectivity index (χ1) is 15.0. The van der Waals surface area contributed by atoms with Crippen LogP contribution in [0.25, 0.3) is 0 Å². The quantitative estimate of drug-likeness (QED) is 0.343. The predicted octanol–water partition coefficient (Wildman–Crippen LogP) is 6.87. The molecule has 0 radical (unpaired) electrons. The lowest BCUT2D eigenvalue weighted by molar-refractivity contribution is 0.0827. The van der Waals surface area contributed by atoms with Crippen LogP contribution in [0.2, 0.25) is 0 Å². The summed E-state index contributed by atoms with van der Waals surface area (Å²) in [7, 11) is 0. The van der Waals surface area contributed by atoms with Gasteiger partial charge in [0.05, 0.1) is 13.2 Å². The van der Waals surface area contributed by atoms with E-state index in [9.17, 15) is 4.91 Å². The van der Waals surface area contributed by atoms with E-state index in [0.717, 1.165) is 42.7 Å². The first-order valence-electron chi connectivity index (χ1n) is 11.6. The van der Waals surface area contributed by atoms with Gasteiger partial charge in [0.25, 0.3) is 0 Å². The van der Waals surface area contributed by atoms with Crippen molar-refractivity contribution in [2.24, 2.45) is 5.18 Å². The van der Waals surface area contributed by atoms with Crippen LogP contribution in [0.5, 0.6) is 17.2 Å². The minimum absolute atomic E-state index is 0.0952. The van der Waals surface area contributed by atoms with E-state index in [-0.39, 0.29) is 11.5 Å². The summed E-state index contributed by atoms with van der Waals surface area (Å²) in [5.41, 5.74) is 3.59. The number of rotatable bonds is 8. The Hall–Kier alpha value is -2.56. The van der Waals surface area contributed by atoms with Crippen molar-refractivity contribution in [3.05, 3.63) is 51.9 Å². The molecule has 2 aliphatic rings. The van der Waals surface area contributed by atoms with Crippen LogP contribution in [-0.4, -0.2) is 18.8 Å². The third kappa shape index (κ3) is 4.86. The fourth-order valence-electron chi connectivity index (χ4n) is 4.57. The van der Waals surface area contributed by atoms with Crippen molar-refractivity contribution in [1.29, 1.82) is 0 Å². The van der Waals surface area contributed by atoms with Gasteiger partial charge in [-0.3, -0.25) is 0 Å². The average molecular weight is 424 g/mol. The summed E-state index contributed by atoms with van der Waals surface area (Å²) >= 11 is 0. The molecule has 166 valence electrons. The summed E-state index contributed by atoms with van der Waals surface area (Å²) in [4.78, 5) is 11.6. The summed E-state index contributed by atoms with van der Waals surface area (Å²) in [6, 6.07) is 9.85. The van der Waals surface area contributed by atoms with Crippen molar-refractivity contribution in [2.45, 2.75) is 77.2 Å². The summed E-state index contributed by atoms with van der Waals surface area (Å²) in [5.74, 6) is 2.71. The molecule has 1 atom stereocenters. The van der Waals surface area contributed by atoms with Crippen molar-refractivity contribution in [3.63, 3.8) is 0 Å². The Kier molecular flexibility index (Phi) is 6.49. The second-order valence-electron chi connectivity index (χ2n) is 9.33. The number of hydrogen-bond donors (Lipinski definition) is 0. The molecule has 0 bridgehead atoms. The van der Waals surface area contributed by atoms with Gasteiger partial charge in [0.15, 0.2) is 0 Å². The van der Waals surface area contributed by atoms with Crippen LogP contribution in [0.15, 0.2) is 35.5 Å². The van der Waals surface area contributed by atoms with Gasteiger partial charge in [-0.1, -0.05) is 38.3 Å². The largest absolute Gasteiger partial charge is 0.494 e. The van der Waals surface area contributed by atoms with E-state index in [1.54, 1.807) is 6.07 Å². The van der Waals surface area contributed by atoms with Crippen LogP contribution in [-0.2, 0) is 12.8 Å². The van der Waals surface area contributed by atoms with Crippen LogP contribution in [0.3, 0.4) is 0 Å². The second-order valence-corrected chi connectivity index (χ2v) is 9.33. The number of nitroso groups, excluding NO2 is 1. The van der Waals surface area contributed by atoms with Crippen molar-refractivity contribution < 1.29 is 14.2 Å². The molecule has 31 heavy (non-hydrogen) atoms. The Labute approximate surface area is 185 Å². The zero-order valence-electron chi connectivity index (χ0n) is 18.9. The predicted molar refractivity (Wildman–Crippen MR) is 123 cm³/mol. The van der Waals surface area contributed by atoms with E-state index in [1.807, 2.05) is 12.1 Å². The minimum Gasteiger partial charge on any atom is -0.494 e. The Bertz CT molecular complexity index is 937. The summed E-state index contributed by atoms with van der Waals surface area (Å²) in [6.07, 6.45) is 7.38. The molecule has 0 saturated heterocycles. The fraction of sp³-hybridized carbons (Fsp3) is 0.538. The number of benzene rings is 2. The molecule has 2 aliphatic heterocycles. The molecule has 1 unspecified atom stereocenters. The number of fused-ring (bicyclic) bond motifs is 3. The normalized spacial score (nSPS) is 18.9. The molecule has 4 rings (SSSR count). The van der Waals surface area contributed by atoms with E-state index in [4.69, 9.17) is 14.2 Å². The fourth-order valence-corrected chi connectivity index (χ4v) is 4.57. The van der Waals surface area contributed by atoms with Crippen LogP contribution in [0, 0.1) is 4.91 Å². The van der Waals surface area contributed by atoms with E-state index < -0.39 is 0 Å². The van der Waals surface area contributed by atoms with Gasteiger partial charge in [-0.2, -0.15) is 0 Å². The van der Waals surface area contributed by atoms with Gasteiger partial charge in [-0.25, -0.2) is 0 Å². The molecular weight excluding hydrogens is 390 g/mol. The van der Waals surface area contributed by atoms with E-state index in [1.165, 1.54) is 30.4 Å². The molecule has 0 aromatic heterocycles. The highest BCUT2D eigenvalue weighted by atomic mass is 16.5. The molecule has 5 nitrogen and oxygen atoms in total. The molecule has 2 aromatic rings. The van der Waals surface area contributed by atoms with Crippen molar-refractivity contribution in [1.82, 2.24) is 0 Å². The standard InChI is InChI=1S/C26H33NO4/c1-4-5-6-7-14-29-20-9-10-21(23(16-20)27-28)19-15-18-8-11-24-22(25(18)30-17-19)12-13-26(2,3)31-24/h8-11,16,19H,4-7,12-15,17H2,1-3H3. The zero-order valence-corrected chi connectivity index (χ0v) is 18.9. The van der Waals surface area contributed by atoms with Crippen LogP contribution >= 0.6 is 0 Å². The minimum atomic E-state index is -0.136. The summed E-state index contributed by atoms with van der Waals surface area (Å²) in [5, 5.41) is 3.30. The molecule has 0 aliphatic carbocycles. The molecular formula is C26H33NO4. The zero-order chi connectivity index (χ0) is 21.8. The van der Waals surface area contributed by atoms with Gasteiger partial charge in [-0.15, -0.1) is 4.91 Å². The monoisotopic (exact) mass is 423 g/mol. The topological polar surface area (TPSA) is 57.1 Å². The van der Waals surface area contributed by atoms with Gasteiger partial charge in [-0.05, 0) is 68.0 Å². The number of hydrogen-bond acceptors (Lipinski definition) is 5. The first-order valence-corrected chi connectivity index (χ1v) is 11.6. The summed E-state index contributed by atoms with van der Waals surface area (Å²) in [6.45, 7) is 7.64. The molecule has 0 N–H and O–H groups in total. The Morgan fingerprint density at radius 2 is 2.03 bits per heavy atom. The maximum Gasteiger partial charge on any atom is 0.129 e. The van der Waals surface area contributed by atoms with Crippen LogP contribution < -0.4 is 14.2 Å². The van der Waals surface area contributed by atoms with Gasteiger partial charge in [0.1, 0.15) is 28.5 Å². The Balaban J connectivity index is 1.47. The molecule has 2 aromatic carbocycles. The van der Waals surface area contributed by atoms with E-state index in [2.05, 4.69) is 38.1 Å². The molecule has 0 saturated carbocycles. The molecule has 0 fully saturated rings. The van der Waals surface area contributed by atoms with E-state index >= 15 is 0 Å². The van der Waals surface area contributed by atoms with E-state index in [0.29, 0.717) is 24.7 Å². The third-order valence-electron chi connectivity index (χ3n) is 6.36. The average Bonchev–Trinajstić information content (AvgIpc) is 2.77. The number of unbranched alkanes of at least 4 members (excludes halogenated alkanes) is 3. The highest BCUT2D eigenvalue weighted by molar-refractivity contribution is 5.56. The highest BCUT2D eigenvalue weighted by Gasteiger charge is 2.32. The van der Waals surface area contributed by atoms with Crippen molar-refractivity contribution in [3.8, 4) is 17.2 Å². The molecule has 0 spiro atoms. The van der Waals surface area contributed by atoms with Gasteiger partial charge in [0, 0.05) is 17.5 Å². The van der Waals surface area contributed by atoms with Crippen LogP contribution in [0.1, 0.15) is 75.5 Å². The lowest BCUT2D eigenvalue weighted by atomic mass is 9.86. The van der Waals surface area contributed by atoms with Gasteiger partial charge in [0.2, 0.25) is 0 Å². The number of ether oxygens (including phenoxy) is 3. The maximum atomic E-state index is 11.6. The van der Waals surface area contributed by atoms with Crippen molar-refractivity contribution >= 4 is 5.69 Å². The summed E-state index contributed by atoms with van der Waals surface area (Å²) < 4.78 is 18.2.